The molecule has 20 heavy (non-hydrogen) atoms. The van der Waals surface area contributed by atoms with E-state index in [1.54, 1.807) is 0 Å². The lowest BCUT2D eigenvalue weighted by atomic mass is 9.81. The molecule has 4 unspecified atom stereocenters. The summed E-state index contributed by atoms with van der Waals surface area (Å²) in [5.74, 6) is -0.776. The van der Waals surface area contributed by atoms with Gasteiger partial charge >= 0.3 is 11.9 Å². The van der Waals surface area contributed by atoms with Crippen LogP contribution in [0.15, 0.2) is 0 Å². The van der Waals surface area contributed by atoms with E-state index in [2.05, 4.69) is 0 Å². The molecule has 0 radical (unpaired) electrons. The third kappa shape index (κ3) is 3.93. The van der Waals surface area contributed by atoms with Crippen molar-refractivity contribution in [1.82, 2.24) is 0 Å². The van der Waals surface area contributed by atoms with E-state index >= 15 is 0 Å². The zero-order valence-electron chi connectivity index (χ0n) is 11.4. The summed E-state index contributed by atoms with van der Waals surface area (Å²) in [6, 6.07) is 0. The van der Waals surface area contributed by atoms with Gasteiger partial charge in [-0.15, -0.1) is 0 Å². The Balaban J connectivity index is 1.41. The van der Waals surface area contributed by atoms with Crippen LogP contribution in [0.3, 0.4) is 0 Å². The maximum atomic E-state index is 11.9. The molecular weight excluding hydrogens is 264 g/mol. The van der Waals surface area contributed by atoms with Crippen molar-refractivity contribution in [3.05, 3.63) is 0 Å². The molecule has 1 aliphatic carbocycles. The van der Waals surface area contributed by atoms with Crippen molar-refractivity contribution in [2.24, 2.45) is 11.8 Å². The molecule has 0 aromatic carbocycles. The molecular formula is C14H20O6. The van der Waals surface area contributed by atoms with Gasteiger partial charge in [-0.1, -0.05) is 6.42 Å². The molecule has 2 heterocycles. The molecule has 2 aliphatic heterocycles. The van der Waals surface area contributed by atoms with Crippen LogP contribution in [0.5, 0.6) is 0 Å². The van der Waals surface area contributed by atoms with Gasteiger partial charge in [0.05, 0.1) is 25.0 Å². The van der Waals surface area contributed by atoms with Gasteiger partial charge in [-0.05, 0) is 19.3 Å². The Morgan fingerprint density at radius 3 is 1.75 bits per heavy atom. The molecule has 3 aliphatic rings. The maximum absolute atomic E-state index is 11.9. The number of hydrogen-bond donors (Lipinski definition) is 0. The summed E-state index contributed by atoms with van der Waals surface area (Å²) in [6.45, 7) is 2.03. The van der Waals surface area contributed by atoms with Crippen LogP contribution in [-0.2, 0) is 28.5 Å². The predicted molar refractivity (Wildman–Crippen MR) is 66.8 cm³/mol. The monoisotopic (exact) mass is 284 g/mol. The molecule has 6 heteroatoms. The molecule has 2 saturated heterocycles. The molecule has 1 saturated carbocycles. The summed E-state index contributed by atoms with van der Waals surface area (Å²) in [7, 11) is 0. The van der Waals surface area contributed by atoms with Gasteiger partial charge in [-0.3, -0.25) is 9.59 Å². The lowest BCUT2D eigenvalue weighted by Crippen LogP contribution is -2.30. The zero-order valence-corrected chi connectivity index (χ0v) is 11.4. The fraction of sp³-hybridized carbons (Fsp3) is 0.857. The maximum Gasteiger partial charge on any atom is 0.309 e. The van der Waals surface area contributed by atoms with Gasteiger partial charge in [0.1, 0.15) is 25.4 Å². The second-order valence-electron chi connectivity index (χ2n) is 5.73. The molecule has 4 atom stereocenters. The van der Waals surface area contributed by atoms with Crippen LogP contribution >= 0.6 is 0 Å². The van der Waals surface area contributed by atoms with Crippen molar-refractivity contribution in [2.45, 2.75) is 37.9 Å². The summed E-state index contributed by atoms with van der Waals surface area (Å²) >= 11 is 0. The smallest absolute Gasteiger partial charge is 0.309 e. The second-order valence-corrected chi connectivity index (χ2v) is 5.73. The summed E-state index contributed by atoms with van der Waals surface area (Å²) in [5, 5.41) is 0. The summed E-state index contributed by atoms with van der Waals surface area (Å²) in [4.78, 5) is 23.8. The number of hydrogen-bond acceptors (Lipinski definition) is 6. The first-order valence-corrected chi connectivity index (χ1v) is 7.29. The van der Waals surface area contributed by atoms with Gasteiger partial charge in [0.15, 0.2) is 0 Å². The molecule has 3 fully saturated rings. The number of rotatable bonds is 6. The van der Waals surface area contributed by atoms with Crippen LogP contribution in [0, 0.1) is 11.8 Å². The standard InChI is InChI=1S/C14H20O6/c15-13(19-7-11-5-17-11)9-2-1-3-10(4-9)14(16)20-8-12-6-18-12/h9-12H,1-8H2. The highest BCUT2D eigenvalue weighted by atomic mass is 16.6. The molecule has 0 spiro atoms. The highest BCUT2D eigenvalue weighted by Gasteiger charge is 2.35. The highest BCUT2D eigenvalue weighted by molar-refractivity contribution is 5.76. The van der Waals surface area contributed by atoms with Crippen molar-refractivity contribution >= 4 is 11.9 Å². The molecule has 0 N–H and O–H groups in total. The molecule has 112 valence electrons. The number of carbonyl (C=O) groups is 2. The first kappa shape index (κ1) is 13.8. The van der Waals surface area contributed by atoms with E-state index in [-0.39, 0.29) is 36.0 Å². The van der Waals surface area contributed by atoms with Gasteiger partial charge in [0, 0.05) is 0 Å². The van der Waals surface area contributed by atoms with Crippen LogP contribution in [0.25, 0.3) is 0 Å². The predicted octanol–water partition coefficient (Wildman–Crippen LogP) is 0.677. The van der Waals surface area contributed by atoms with E-state index in [4.69, 9.17) is 18.9 Å². The van der Waals surface area contributed by atoms with Crippen LogP contribution < -0.4 is 0 Å². The minimum atomic E-state index is -0.205. The Labute approximate surface area is 117 Å². The molecule has 6 nitrogen and oxygen atoms in total. The van der Waals surface area contributed by atoms with Crippen molar-refractivity contribution in [3.63, 3.8) is 0 Å². The van der Waals surface area contributed by atoms with Crippen molar-refractivity contribution in [1.29, 1.82) is 0 Å². The Morgan fingerprint density at radius 1 is 0.900 bits per heavy atom. The number of epoxide rings is 2. The third-order valence-corrected chi connectivity index (χ3v) is 3.97. The second kappa shape index (κ2) is 6.10. The molecule has 0 aromatic rings. The minimum absolute atomic E-state index is 0.0850. The number of ether oxygens (including phenoxy) is 4. The normalized spacial score (nSPS) is 35.2. The summed E-state index contributed by atoms with van der Waals surface area (Å²) < 4.78 is 20.4. The average molecular weight is 284 g/mol. The molecule has 0 amide bonds. The van der Waals surface area contributed by atoms with Crippen molar-refractivity contribution in [3.8, 4) is 0 Å². The summed E-state index contributed by atoms with van der Waals surface area (Å²) in [5.41, 5.74) is 0. The Hall–Kier alpha value is -1.14. The van der Waals surface area contributed by atoms with Crippen LogP contribution in [0.4, 0.5) is 0 Å². The molecule has 0 bridgehead atoms. The zero-order chi connectivity index (χ0) is 13.9. The van der Waals surface area contributed by atoms with E-state index < -0.39 is 0 Å². The van der Waals surface area contributed by atoms with Crippen LogP contribution in [0.2, 0.25) is 0 Å². The van der Waals surface area contributed by atoms with Crippen molar-refractivity contribution < 1.29 is 28.5 Å². The average Bonchev–Trinajstić information content (AvgIpc) is 3.36. The van der Waals surface area contributed by atoms with Crippen LogP contribution in [0.1, 0.15) is 25.7 Å². The van der Waals surface area contributed by atoms with E-state index in [1.165, 1.54) is 0 Å². The first-order valence-electron chi connectivity index (χ1n) is 7.29. The van der Waals surface area contributed by atoms with E-state index in [1.807, 2.05) is 0 Å². The molecule has 0 aromatic heterocycles. The van der Waals surface area contributed by atoms with E-state index in [0.717, 1.165) is 19.3 Å². The Bertz CT molecular complexity index is 340. The minimum Gasteiger partial charge on any atom is -0.463 e. The fourth-order valence-corrected chi connectivity index (χ4v) is 2.53. The Kier molecular flexibility index (Phi) is 4.21. The summed E-state index contributed by atoms with van der Waals surface area (Å²) in [6.07, 6.45) is 3.15. The third-order valence-electron chi connectivity index (χ3n) is 3.97. The van der Waals surface area contributed by atoms with Gasteiger partial charge in [0.25, 0.3) is 0 Å². The first-order chi connectivity index (χ1) is 9.72. The van der Waals surface area contributed by atoms with E-state index in [9.17, 15) is 9.59 Å². The number of carbonyl (C=O) groups excluding carboxylic acids is 2. The number of esters is 2. The topological polar surface area (TPSA) is 77.7 Å². The lowest BCUT2D eigenvalue weighted by Gasteiger charge is -2.26. The lowest BCUT2D eigenvalue weighted by molar-refractivity contribution is -0.155. The van der Waals surface area contributed by atoms with Gasteiger partial charge < -0.3 is 18.9 Å². The molecule has 3 rings (SSSR count). The van der Waals surface area contributed by atoms with Crippen molar-refractivity contribution in [2.75, 3.05) is 26.4 Å². The Morgan fingerprint density at radius 2 is 1.35 bits per heavy atom. The van der Waals surface area contributed by atoms with Crippen LogP contribution in [-0.4, -0.2) is 50.6 Å². The van der Waals surface area contributed by atoms with Gasteiger partial charge in [-0.2, -0.15) is 0 Å². The quantitative estimate of drug-likeness (QED) is 0.527. The highest BCUT2D eigenvalue weighted by Crippen LogP contribution is 2.31. The van der Waals surface area contributed by atoms with Gasteiger partial charge in [-0.25, -0.2) is 0 Å². The largest absolute Gasteiger partial charge is 0.463 e. The van der Waals surface area contributed by atoms with Gasteiger partial charge in [0.2, 0.25) is 0 Å². The van der Waals surface area contributed by atoms with E-state index in [0.29, 0.717) is 32.8 Å². The SMILES string of the molecule is O=C(OCC1CO1)C1CCCC(C(=O)OCC2CO2)C1. The fourth-order valence-electron chi connectivity index (χ4n) is 2.53.